The molecule has 3 rings (SSSR count). The number of halogens is 1. The van der Waals surface area contributed by atoms with Crippen LogP contribution in [-0.2, 0) is 17.8 Å². The Morgan fingerprint density at radius 3 is 2.62 bits per heavy atom. The summed E-state index contributed by atoms with van der Waals surface area (Å²) in [6.07, 6.45) is 2.93. The van der Waals surface area contributed by atoms with Crippen molar-refractivity contribution < 1.29 is 9.18 Å². The maximum atomic E-state index is 12.9. The van der Waals surface area contributed by atoms with Crippen molar-refractivity contribution in [3.8, 4) is 0 Å². The van der Waals surface area contributed by atoms with Crippen LogP contribution in [0.4, 0.5) is 4.39 Å². The van der Waals surface area contributed by atoms with Gasteiger partial charge in [0.2, 0.25) is 5.91 Å². The molecule has 5 heteroatoms. The molecule has 1 aliphatic rings. The maximum Gasteiger partial charge on any atom is 0.223 e. The van der Waals surface area contributed by atoms with E-state index < -0.39 is 0 Å². The van der Waals surface area contributed by atoms with Crippen LogP contribution < -0.4 is 5.32 Å². The quantitative estimate of drug-likeness (QED) is 0.869. The van der Waals surface area contributed by atoms with E-state index in [1.807, 2.05) is 11.3 Å². The van der Waals surface area contributed by atoms with Gasteiger partial charge < -0.3 is 10.2 Å². The highest BCUT2D eigenvalue weighted by Crippen LogP contribution is 2.19. The van der Waals surface area contributed by atoms with Crippen LogP contribution in [0.1, 0.15) is 23.3 Å². The van der Waals surface area contributed by atoms with Gasteiger partial charge in [-0.1, -0.05) is 18.2 Å². The Kier molecular flexibility index (Phi) is 5.99. The van der Waals surface area contributed by atoms with Crippen LogP contribution in [0.25, 0.3) is 0 Å². The van der Waals surface area contributed by atoms with Gasteiger partial charge in [0.15, 0.2) is 0 Å². The number of nitrogens with zero attached hydrogens (tertiary/aromatic N) is 1. The number of carbonyl (C=O) groups is 1. The second kappa shape index (κ2) is 8.40. The maximum absolute atomic E-state index is 12.9. The van der Waals surface area contributed by atoms with Crippen LogP contribution >= 0.6 is 11.3 Å². The van der Waals surface area contributed by atoms with Crippen LogP contribution in [0.2, 0.25) is 0 Å². The van der Waals surface area contributed by atoms with Gasteiger partial charge in [-0.25, -0.2) is 4.39 Å². The summed E-state index contributed by atoms with van der Waals surface area (Å²) in [7, 11) is 0. The summed E-state index contributed by atoms with van der Waals surface area (Å²) < 4.78 is 12.9. The lowest BCUT2D eigenvalue weighted by atomic mass is 9.95. The summed E-state index contributed by atoms with van der Waals surface area (Å²) in [6, 6.07) is 10.5. The van der Waals surface area contributed by atoms with Gasteiger partial charge in [0, 0.05) is 23.9 Å². The minimum atomic E-state index is -0.250. The molecule has 0 aliphatic carbocycles. The number of nitrogens with one attached hydrogen (secondary N) is 1. The van der Waals surface area contributed by atoms with Crippen molar-refractivity contribution in [3.05, 3.63) is 58.0 Å². The summed E-state index contributed by atoms with van der Waals surface area (Å²) >= 11 is 1.81. The highest BCUT2D eigenvalue weighted by molar-refractivity contribution is 7.09. The Morgan fingerprint density at radius 2 is 1.96 bits per heavy atom. The van der Waals surface area contributed by atoms with E-state index in [2.05, 4.69) is 27.7 Å². The van der Waals surface area contributed by atoms with Crippen LogP contribution in [0.5, 0.6) is 0 Å². The van der Waals surface area contributed by atoms with Gasteiger partial charge in [0.05, 0.1) is 0 Å². The van der Waals surface area contributed by atoms with Crippen LogP contribution in [0.3, 0.4) is 0 Å². The molecule has 0 atom stereocenters. The lowest BCUT2D eigenvalue weighted by molar-refractivity contribution is -0.126. The fourth-order valence-electron chi connectivity index (χ4n) is 3.08. The van der Waals surface area contributed by atoms with E-state index in [1.54, 1.807) is 12.1 Å². The van der Waals surface area contributed by atoms with E-state index in [0.29, 0.717) is 6.54 Å². The zero-order valence-corrected chi connectivity index (χ0v) is 14.5. The first-order chi connectivity index (χ1) is 11.7. The lowest BCUT2D eigenvalue weighted by Gasteiger charge is -2.31. The van der Waals surface area contributed by atoms with Gasteiger partial charge in [0.1, 0.15) is 5.82 Å². The van der Waals surface area contributed by atoms with E-state index in [0.717, 1.165) is 44.5 Å². The summed E-state index contributed by atoms with van der Waals surface area (Å²) in [5.41, 5.74) is 0.929. The van der Waals surface area contributed by atoms with Crippen molar-refractivity contribution in [2.45, 2.75) is 25.8 Å². The molecule has 0 radical (unpaired) electrons. The van der Waals surface area contributed by atoms with Gasteiger partial charge in [-0.2, -0.15) is 0 Å². The van der Waals surface area contributed by atoms with E-state index in [9.17, 15) is 9.18 Å². The molecule has 1 saturated heterocycles. The SMILES string of the molecule is O=C(NCc1ccc(F)cc1)C1CCN(CCc2cccs2)CC1. The Morgan fingerprint density at radius 1 is 1.21 bits per heavy atom. The van der Waals surface area contributed by atoms with Crippen LogP contribution in [-0.4, -0.2) is 30.4 Å². The Balaban J connectivity index is 1.37. The molecule has 0 spiro atoms. The largest absolute Gasteiger partial charge is 0.352 e. The summed E-state index contributed by atoms with van der Waals surface area (Å²) in [4.78, 5) is 16.2. The molecular weight excluding hydrogens is 323 g/mol. The van der Waals surface area contributed by atoms with E-state index in [4.69, 9.17) is 0 Å². The standard InChI is InChI=1S/C19H23FN2OS/c20-17-5-3-15(4-6-17)14-21-19(23)16-7-10-22(11-8-16)12-9-18-2-1-13-24-18/h1-6,13,16H,7-12,14H2,(H,21,23). The Labute approximate surface area is 146 Å². The topological polar surface area (TPSA) is 32.3 Å². The molecule has 1 aromatic carbocycles. The molecule has 2 aromatic rings. The smallest absolute Gasteiger partial charge is 0.223 e. The van der Waals surface area contributed by atoms with Gasteiger partial charge >= 0.3 is 0 Å². The molecule has 3 nitrogen and oxygen atoms in total. The highest BCUT2D eigenvalue weighted by Gasteiger charge is 2.24. The van der Waals surface area contributed by atoms with Crippen LogP contribution in [0, 0.1) is 11.7 Å². The normalized spacial score (nSPS) is 16.2. The van der Waals surface area contributed by atoms with Gasteiger partial charge in [-0.3, -0.25) is 4.79 Å². The number of likely N-dealkylation sites (tertiary alicyclic amines) is 1. The average molecular weight is 346 g/mol. The van der Waals surface area contributed by atoms with Crippen molar-refractivity contribution in [3.63, 3.8) is 0 Å². The van der Waals surface area contributed by atoms with Crippen molar-refractivity contribution in [1.29, 1.82) is 0 Å². The molecule has 1 N–H and O–H groups in total. The zero-order chi connectivity index (χ0) is 16.8. The predicted octanol–water partition coefficient (Wildman–Crippen LogP) is 3.46. The van der Waals surface area contributed by atoms with Crippen molar-refractivity contribution in [1.82, 2.24) is 10.2 Å². The van der Waals surface area contributed by atoms with E-state index >= 15 is 0 Å². The molecular formula is C19H23FN2OS. The minimum Gasteiger partial charge on any atom is -0.352 e. The van der Waals surface area contributed by atoms with Crippen molar-refractivity contribution in [2.24, 2.45) is 5.92 Å². The summed E-state index contributed by atoms with van der Waals surface area (Å²) in [5, 5.41) is 5.10. The Bertz CT molecular complexity index is 634. The molecule has 0 bridgehead atoms. The second-order valence-corrected chi connectivity index (χ2v) is 7.32. The number of carbonyl (C=O) groups excluding carboxylic acids is 1. The van der Waals surface area contributed by atoms with E-state index in [1.165, 1.54) is 17.0 Å². The molecule has 1 aliphatic heterocycles. The number of rotatable bonds is 6. The molecule has 24 heavy (non-hydrogen) atoms. The minimum absolute atomic E-state index is 0.100. The monoisotopic (exact) mass is 346 g/mol. The third-order valence-corrected chi connectivity index (χ3v) is 5.53. The second-order valence-electron chi connectivity index (χ2n) is 6.29. The molecule has 1 amide bonds. The third-order valence-electron chi connectivity index (χ3n) is 4.59. The lowest BCUT2D eigenvalue weighted by Crippen LogP contribution is -2.41. The van der Waals surface area contributed by atoms with Gasteiger partial charge in [-0.15, -0.1) is 11.3 Å². The number of piperidine rings is 1. The van der Waals surface area contributed by atoms with Crippen molar-refractivity contribution in [2.75, 3.05) is 19.6 Å². The first-order valence-electron chi connectivity index (χ1n) is 8.47. The van der Waals surface area contributed by atoms with Crippen molar-refractivity contribution >= 4 is 17.2 Å². The number of hydrogen-bond acceptors (Lipinski definition) is 3. The fourth-order valence-corrected chi connectivity index (χ4v) is 3.78. The molecule has 1 fully saturated rings. The highest BCUT2D eigenvalue weighted by atomic mass is 32.1. The fraction of sp³-hybridized carbons (Fsp3) is 0.421. The van der Waals surface area contributed by atoms with Gasteiger partial charge in [0.25, 0.3) is 0 Å². The summed E-state index contributed by atoms with van der Waals surface area (Å²) in [6.45, 7) is 3.52. The number of thiophene rings is 1. The molecule has 2 heterocycles. The van der Waals surface area contributed by atoms with E-state index in [-0.39, 0.29) is 17.6 Å². The van der Waals surface area contributed by atoms with Crippen LogP contribution in [0.15, 0.2) is 41.8 Å². The molecule has 0 unspecified atom stereocenters. The third kappa shape index (κ3) is 4.89. The number of amides is 1. The first kappa shape index (κ1) is 17.1. The number of hydrogen-bond donors (Lipinski definition) is 1. The molecule has 0 saturated carbocycles. The first-order valence-corrected chi connectivity index (χ1v) is 9.35. The summed E-state index contributed by atoms with van der Waals surface area (Å²) in [5.74, 6) is -0.0272. The zero-order valence-electron chi connectivity index (χ0n) is 13.7. The Hall–Kier alpha value is -1.72. The number of benzene rings is 1. The average Bonchev–Trinajstić information content (AvgIpc) is 3.13. The van der Waals surface area contributed by atoms with Gasteiger partial charge in [-0.05, 0) is 61.5 Å². The molecule has 1 aromatic heterocycles. The molecule has 128 valence electrons. The predicted molar refractivity (Wildman–Crippen MR) is 95.4 cm³/mol.